The maximum Gasteiger partial charge on any atom is 3.00 e. The molecule has 16 nitrogen and oxygen atoms in total. The Labute approximate surface area is 171 Å². The van der Waals surface area contributed by atoms with Crippen LogP contribution in [0.1, 0.15) is 0 Å². The second kappa shape index (κ2) is 27.6. The van der Waals surface area contributed by atoms with Crippen LogP contribution in [0.15, 0.2) is 0 Å². The van der Waals surface area contributed by atoms with Gasteiger partial charge in [-0.2, -0.15) is 0 Å². The van der Waals surface area contributed by atoms with Crippen LogP contribution < -0.4 is 0 Å². The molecule has 1 fully saturated rings. The first-order valence-corrected chi connectivity index (χ1v) is 5.95. The molecule has 0 amide bonds. The van der Waals surface area contributed by atoms with Gasteiger partial charge in [-0.1, -0.05) is 0 Å². The molecule has 0 radical (unpaired) electrons. The molecule has 1 saturated heterocycles. The van der Waals surface area contributed by atoms with E-state index in [1.54, 1.807) is 0 Å². The molecule has 0 saturated carbocycles. The van der Waals surface area contributed by atoms with Crippen LogP contribution in [0.3, 0.4) is 0 Å². The molecule has 0 bridgehead atoms. The number of hydrogen-bond donors (Lipinski definition) is 0. The first-order chi connectivity index (χ1) is 11.2. The molecule has 1 heterocycles. The van der Waals surface area contributed by atoms with Crippen molar-refractivity contribution in [3.63, 3.8) is 0 Å². The SMILES string of the molecule is C1COCCOCCOCCO1.O=[N+]([O-])[O-].O=[N+]([O-])[O-].O=[N+]([O-])[O-].[Tb+3]. The molecule has 0 aromatic heterocycles. The minimum absolute atomic E-state index is 0. The van der Waals surface area contributed by atoms with Crippen molar-refractivity contribution in [2.75, 3.05) is 52.9 Å². The molecule has 0 atom stereocenters. The van der Waals surface area contributed by atoms with Gasteiger partial charge in [0, 0.05) is 0 Å². The third kappa shape index (κ3) is 84.9. The quantitative estimate of drug-likeness (QED) is 0.285. The maximum absolute atomic E-state index is 8.25. The second-order valence-electron chi connectivity index (χ2n) is 3.12. The van der Waals surface area contributed by atoms with E-state index >= 15 is 0 Å². The standard InChI is InChI=1S/C8H16O4.3NO3.Tb/c1-2-10-5-6-12-8-7-11-4-3-9-1;3*2-1(3)4;/h1-8H2;;;;/q;3*-1;+3. The molecule has 0 spiro atoms. The summed E-state index contributed by atoms with van der Waals surface area (Å²) in [5, 5.41) is 44.2. The van der Waals surface area contributed by atoms with Crippen LogP contribution in [0.5, 0.6) is 0 Å². The van der Waals surface area contributed by atoms with Gasteiger partial charge in [-0.15, -0.1) is 0 Å². The molecular formula is C8H16N3O13Tb. The molecule has 1 aliphatic heterocycles. The van der Waals surface area contributed by atoms with Crippen LogP contribution in [-0.4, -0.2) is 68.1 Å². The zero-order valence-electron chi connectivity index (χ0n) is 12.6. The van der Waals surface area contributed by atoms with E-state index in [-0.39, 0.29) is 38.6 Å². The van der Waals surface area contributed by atoms with Gasteiger partial charge < -0.3 is 64.9 Å². The fourth-order valence-electron chi connectivity index (χ4n) is 0.880. The summed E-state index contributed by atoms with van der Waals surface area (Å²) in [6.07, 6.45) is 0. The van der Waals surface area contributed by atoms with Crippen LogP contribution in [0.4, 0.5) is 0 Å². The summed E-state index contributed by atoms with van der Waals surface area (Å²) in [6, 6.07) is 0. The van der Waals surface area contributed by atoms with E-state index in [4.69, 9.17) is 64.9 Å². The van der Waals surface area contributed by atoms with E-state index in [1.807, 2.05) is 0 Å². The fraction of sp³-hybridized carbons (Fsp3) is 1.00. The Kier molecular flexibility index (Phi) is 34.7. The molecule has 17 heteroatoms. The molecule has 0 aromatic carbocycles. The number of rotatable bonds is 0. The molecule has 0 aromatic rings. The number of nitrogens with zero attached hydrogens (tertiary/aromatic N) is 3. The summed E-state index contributed by atoms with van der Waals surface area (Å²) in [5.41, 5.74) is 0. The zero-order valence-corrected chi connectivity index (χ0v) is 14.8. The normalized spacial score (nSPS) is 14.4. The Hall–Kier alpha value is -1.27. The van der Waals surface area contributed by atoms with E-state index in [0.29, 0.717) is 52.9 Å². The van der Waals surface area contributed by atoms with E-state index in [9.17, 15) is 0 Å². The van der Waals surface area contributed by atoms with Crippen molar-refractivity contribution in [1.29, 1.82) is 0 Å². The summed E-state index contributed by atoms with van der Waals surface area (Å²) < 4.78 is 20.9. The van der Waals surface area contributed by atoms with Gasteiger partial charge in [0.15, 0.2) is 0 Å². The maximum atomic E-state index is 8.25. The predicted molar refractivity (Wildman–Crippen MR) is 74.4 cm³/mol. The summed E-state index contributed by atoms with van der Waals surface area (Å²) >= 11 is 0. The molecule has 1 aliphatic rings. The van der Waals surface area contributed by atoms with Crippen molar-refractivity contribution in [3.8, 4) is 0 Å². The first kappa shape index (κ1) is 31.5. The number of ether oxygens (including phenoxy) is 4. The molecule has 0 N–H and O–H groups in total. The van der Waals surface area contributed by atoms with Crippen LogP contribution in [0.2, 0.25) is 0 Å². The molecule has 150 valence electrons. The average molecular weight is 521 g/mol. The van der Waals surface area contributed by atoms with Crippen LogP contribution in [0.25, 0.3) is 0 Å². The summed E-state index contributed by atoms with van der Waals surface area (Å²) in [4.78, 5) is 24.8. The van der Waals surface area contributed by atoms with Gasteiger partial charge in [0.1, 0.15) is 0 Å². The van der Waals surface area contributed by atoms with E-state index in [2.05, 4.69) is 0 Å². The Morgan fingerprint density at radius 3 is 0.600 bits per heavy atom. The average Bonchev–Trinajstić information content (AvgIpc) is 2.37. The monoisotopic (exact) mass is 521 g/mol. The third-order valence-electron chi connectivity index (χ3n) is 1.49. The Morgan fingerprint density at radius 2 is 0.520 bits per heavy atom. The zero-order chi connectivity index (χ0) is 19.2. The van der Waals surface area contributed by atoms with Crippen molar-refractivity contribution >= 4 is 0 Å². The van der Waals surface area contributed by atoms with Gasteiger partial charge in [-0.05, 0) is 0 Å². The molecular weight excluding hydrogens is 505 g/mol. The summed E-state index contributed by atoms with van der Waals surface area (Å²) in [7, 11) is 0. The van der Waals surface area contributed by atoms with E-state index in [1.165, 1.54) is 0 Å². The molecule has 1 rings (SSSR count). The number of hydrogen-bond acceptors (Lipinski definition) is 13. The van der Waals surface area contributed by atoms with E-state index in [0.717, 1.165) is 0 Å². The van der Waals surface area contributed by atoms with Crippen molar-refractivity contribution in [1.82, 2.24) is 0 Å². The molecule has 0 unspecified atom stereocenters. The molecule has 0 aliphatic carbocycles. The van der Waals surface area contributed by atoms with Crippen molar-refractivity contribution in [3.05, 3.63) is 46.0 Å². The van der Waals surface area contributed by atoms with Gasteiger partial charge in [-0.3, -0.25) is 0 Å². The summed E-state index contributed by atoms with van der Waals surface area (Å²) in [6.45, 7) is 5.14. The Morgan fingerprint density at radius 1 is 0.440 bits per heavy atom. The van der Waals surface area contributed by atoms with Crippen LogP contribution in [0, 0.1) is 84.6 Å². The van der Waals surface area contributed by atoms with Gasteiger partial charge in [0.25, 0.3) is 0 Å². The van der Waals surface area contributed by atoms with Crippen molar-refractivity contribution in [2.45, 2.75) is 0 Å². The summed E-state index contributed by atoms with van der Waals surface area (Å²) in [5.74, 6) is 0. The largest absolute Gasteiger partial charge is 3.00 e. The van der Waals surface area contributed by atoms with Gasteiger partial charge in [0.2, 0.25) is 0 Å². The Balaban J connectivity index is -0.000000142. The molecule has 25 heavy (non-hydrogen) atoms. The van der Waals surface area contributed by atoms with Crippen LogP contribution >= 0.6 is 0 Å². The topological polar surface area (TPSA) is 236 Å². The predicted octanol–water partition coefficient (Wildman–Crippen LogP) is -0.651. The van der Waals surface area contributed by atoms with E-state index < -0.39 is 15.3 Å². The van der Waals surface area contributed by atoms with Gasteiger partial charge >= 0.3 is 38.6 Å². The smallest absolute Gasteiger partial charge is 0.377 e. The fourth-order valence-corrected chi connectivity index (χ4v) is 0.880. The van der Waals surface area contributed by atoms with Gasteiger partial charge in [0.05, 0.1) is 68.1 Å². The Bertz CT molecular complexity index is 238. The van der Waals surface area contributed by atoms with Crippen LogP contribution in [-0.2, 0) is 18.9 Å². The van der Waals surface area contributed by atoms with Gasteiger partial charge in [-0.25, -0.2) is 0 Å². The minimum atomic E-state index is -1.75. The van der Waals surface area contributed by atoms with Crippen molar-refractivity contribution < 1.29 is 72.8 Å². The minimum Gasteiger partial charge on any atom is -0.377 e. The second-order valence-corrected chi connectivity index (χ2v) is 3.12. The third-order valence-corrected chi connectivity index (χ3v) is 1.49. The van der Waals surface area contributed by atoms with Crippen molar-refractivity contribution in [2.24, 2.45) is 0 Å². The first-order valence-electron chi connectivity index (χ1n) is 5.95.